The molecule has 21 heavy (non-hydrogen) atoms. The number of aromatic nitrogens is 2. The van der Waals surface area contributed by atoms with Crippen molar-refractivity contribution in [1.29, 1.82) is 0 Å². The number of benzene rings is 1. The predicted octanol–water partition coefficient (Wildman–Crippen LogP) is 1.60. The highest BCUT2D eigenvalue weighted by Crippen LogP contribution is 2.20. The van der Waals surface area contributed by atoms with Gasteiger partial charge in [-0.2, -0.15) is 5.10 Å². The van der Waals surface area contributed by atoms with Crippen LogP contribution in [0.15, 0.2) is 53.7 Å². The molecule has 6 heteroatoms. The third kappa shape index (κ3) is 3.33. The minimum atomic E-state index is -3.14. The predicted molar refractivity (Wildman–Crippen MR) is 80.8 cm³/mol. The van der Waals surface area contributed by atoms with Gasteiger partial charge < -0.3 is 0 Å². The van der Waals surface area contributed by atoms with Crippen LogP contribution in [0, 0.1) is 0 Å². The van der Waals surface area contributed by atoms with Gasteiger partial charge in [0.15, 0.2) is 9.84 Å². The molecule has 5 nitrogen and oxygen atoms in total. The van der Waals surface area contributed by atoms with Crippen LogP contribution in [0.1, 0.15) is 12.5 Å². The molecule has 0 bridgehead atoms. The van der Waals surface area contributed by atoms with Crippen LogP contribution in [-0.2, 0) is 9.84 Å². The van der Waals surface area contributed by atoms with Crippen LogP contribution < -0.4 is 0 Å². The second kappa shape index (κ2) is 5.99. The molecule has 1 aliphatic heterocycles. The van der Waals surface area contributed by atoms with E-state index in [2.05, 4.69) is 10.00 Å². The van der Waals surface area contributed by atoms with E-state index >= 15 is 0 Å². The second-order valence-electron chi connectivity index (χ2n) is 5.38. The Morgan fingerprint density at radius 2 is 1.90 bits per heavy atom. The Morgan fingerprint density at radius 3 is 2.57 bits per heavy atom. The van der Waals surface area contributed by atoms with E-state index in [0.29, 0.717) is 17.4 Å². The summed E-state index contributed by atoms with van der Waals surface area (Å²) in [5.41, 5.74) is 0. The van der Waals surface area contributed by atoms with Gasteiger partial charge in [0, 0.05) is 25.5 Å². The summed E-state index contributed by atoms with van der Waals surface area (Å²) in [5, 5.41) is 4.23. The Kier molecular flexibility index (Phi) is 4.07. The van der Waals surface area contributed by atoms with Gasteiger partial charge in [-0.1, -0.05) is 18.2 Å². The Balaban J connectivity index is 1.43. The van der Waals surface area contributed by atoms with Gasteiger partial charge in [-0.25, -0.2) is 8.42 Å². The van der Waals surface area contributed by atoms with Crippen molar-refractivity contribution >= 4 is 9.84 Å². The average molecular weight is 305 g/mol. The van der Waals surface area contributed by atoms with Crippen LogP contribution in [0.5, 0.6) is 0 Å². The van der Waals surface area contributed by atoms with E-state index in [9.17, 15) is 8.42 Å². The molecule has 0 saturated carbocycles. The summed E-state index contributed by atoms with van der Waals surface area (Å²) in [5.74, 6) is 0.208. The number of sulfone groups is 1. The van der Waals surface area contributed by atoms with Gasteiger partial charge in [0.25, 0.3) is 0 Å². The maximum absolute atomic E-state index is 12.1. The van der Waals surface area contributed by atoms with Gasteiger partial charge in [-0.3, -0.25) is 9.58 Å². The summed E-state index contributed by atoms with van der Waals surface area (Å²) in [7, 11) is -3.14. The van der Waals surface area contributed by atoms with Crippen molar-refractivity contribution in [2.75, 3.05) is 25.4 Å². The highest BCUT2D eigenvalue weighted by molar-refractivity contribution is 7.91. The highest BCUT2D eigenvalue weighted by atomic mass is 32.2. The zero-order valence-corrected chi connectivity index (χ0v) is 12.6. The molecule has 2 aromatic rings. The first kappa shape index (κ1) is 14.3. The van der Waals surface area contributed by atoms with Crippen LogP contribution in [0.25, 0.3) is 0 Å². The molecule has 1 aromatic heterocycles. The molecular formula is C15H19N3O2S. The zero-order chi connectivity index (χ0) is 14.7. The van der Waals surface area contributed by atoms with Crippen molar-refractivity contribution in [3.8, 4) is 0 Å². The lowest BCUT2D eigenvalue weighted by Crippen LogP contribution is -2.48. The van der Waals surface area contributed by atoms with E-state index in [4.69, 9.17) is 0 Å². The van der Waals surface area contributed by atoms with Gasteiger partial charge in [0.05, 0.1) is 16.7 Å². The lowest BCUT2D eigenvalue weighted by Gasteiger charge is -2.39. The molecule has 0 radical (unpaired) electrons. The molecule has 3 rings (SSSR count). The summed E-state index contributed by atoms with van der Waals surface area (Å²) in [6.45, 7) is 2.73. The van der Waals surface area contributed by atoms with Gasteiger partial charge >= 0.3 is 0 Å². The molecular weight excluding hydrogens is 286 g/mol. The third-order valence-corrected chi connectivity index (χ3v) is 5.64. The maximum atomic E-state index is 12.1. The van der Waals surface area contributed by atoms with E-state index in [1.807, 2.05) is 23.0 Å². The van der Waals surface area contributed by atoms with Crippen LogP contribution in [0.2, 0.25) is 0 Å². The fourth-order valence-corrected chi connectivity index (χ4v) is 3.93. The molecule has 1 fully saturated rings. The van der Waals surface area contributed by atoms with E-state index in [1.165, 1.54) is 0 Å². The zero-order valence-electron chi connectivity index (χ0n) is 11.8. The molecule has 0 amide bonds. The summed E-state index contributed by atoms with van der Waals surface area (Å²) in [6.07, 6.45) is 4.43. The molecule has 0 spiro atoms. The van der Waals surface area contributed by atoms with Gasteiger partial charge in [-0.05, 0) is 31.2 Å². The van der Waals surface area contributed by atoms with E-state index in [-0.39, 0.29) is 5.75 Å². The molecule has 0 unspecified atom stereocenters. The summed E-state index contributed by atoms with van der Waals surface area (Å²) < 4.78 is 26.2. The summed E-state index contributed by atoms with van der Waals surface area (Å²) in [4.78, 5) is 2.69. The fraction of sp³-hybridized carbons (Fsp3) is 0.400. The molecule has 112 valence electrons. The molecule has 0 atom stereocenters. The smallest absolute Gasteiger partial charge is 0.178 e. The molecule has 1 aliphatic rings. The maximum Gasteiger partial charge on any atom is 0.178 e. The summed E-state index contributed by atoms with van der Waals surface area (Å²) in [6, 6.07) is 11.0. The summed E-state index contributed by atoms with van der Waals surface area (Å²) >= 11 is 0. The lowest BCUT2D eigenvalue weighted by molar-refractivity contribution is 0.0991. The van der Waals surface area contributed by atoms with Crippen molar-refractivity contribution in [1.82, 2.24) is 14.7 Å². The fourth-order valence-electron chi connectivity index (χ4n) is 2.61. The number of likely N-dealkylation sites (tertiary alicyclic amines) is 1. The van der Waals surface area contributed by atoms with E-state index in [1.54, 1.807) is 30.5 Å². The van der Waals surface area contributed by atoms with Crippen LogP contribution in [0.3, 0.4) is 0 Å². The monoisotopic (exact) mass is 305 g/mol. The standard InChI is InChI=1S/C15H19N3O2S/c19-21(20,15-6-2-1-3-7-15)11-5-9-17-12-14(13-17)18-10-4-8-16-18/h1-4,6-8,10,14H,5,9,11-13H2. The largest absolute Gasteiger partial charge is 0.299 e. The minimum Gasteiger partial charge on any atom is -0.299 e. The Bertz CT molecular complexity index is 662. The minimum absolute atomic E-state index is 0.208. The number of rotatable bonds is 6. The van der Waals surface area contributed by atoms with Crippen LogP contribution in [-0.4, -0.2) is 48.5 Å². The van der Waals surface area contributed by atoms with Crippen molar-refractivity contribution in [3.05, 3.63) is 48.8 Å². The molecule has 2 heterocycles. The quantitative estimate of drug-likeness (QED) is 0.813. The SMILES string of the molecule is O=S(=O)(CCCN1CC(n2cccn2)C1)c1ccccc1. The first-order chi connectivity index (χ1) is 10.1. The second-order valence-corrected chi connectivity index (χ2v) is 7.49. The number of hydrogen-bond acceptors (Lipinski definition) is 4. The van der Waals surface area contributed by atoms with Crippen molar-refractivity contribution in [2.45, 2.75) is 17.4 Å². The number of nitrogens with zero attached hydrogens (tertiary/aromatic N) is 3. The average Bonchev–Trinajstić information content (AvgIpc) is 2.96. The van der Waals surface area contributed by atoms with E-state index < -0.39 is 9.84 Å². The topological polar surface area (TPSA) is 55.2 Å². The Hall–Kier alpha value is -1.66. The van der Waals surface area contributed by atoms with Crippen molar-refractivity contribution in [3.63, 3.8) is 0 Å². The molecule has 0 N–H and O–H groups in total. The molecule has 0 aliphatic carbocycles. The lowest BCUT2D eigenvalue weighted by atomic mass is 10.1. The van der Waals surface area contributed by atoms with Gasteiger partial charge in [0.1, 0.15) is 0 Å². The van der Waals surface area contributed by atoms with E-state index in [0.717, 1.165) is 19.6 Å². The van der Waals surface area contributed by atoms with Gasteiger partial charge in [0.2, 0.25) is 0 Å². The highest BCUT2D eigenvalue weighted by Gasteiger charge is 2.28. The number of hydrogen-bond donors (Lipinski definition) is 0. The Labute approximate surface area is 125 Å². The van der Waals surface area contributed by atoms with Crippen LogP contribution in [0.4, 0.5) is 0 Å². The van der Waals surface area contributed by atoms with Crippen LogP contribution >= 0.6 is 0 Å². The first-order valence-electron chi connectivity index (χ1n) is 7.14. The van der Waals surface area contributed by atoms with Crippen molar-refractivity contribution < 1.29 is 8.42 Å². The molecule has 1 saturated heterocycles. The first-order valence-corrected chi connectivity index (χ1v) is 8.80. The third-order valence-electron chi connectivity index (χ3n) is 3.83. The van der Waals surface area contributed by atoms with Crippen molar-refractivity contribution in [2.24, 2.45) is 0 Å². The Morgan fingerprint density at radius 1 is 1.14 bits per heavy atom. The molecule has 1 aromatic carbocycles. The normalized spacial score (nSPS) is 16.8. The van der Waals surface area contributed by atoms with Gasteiger partial charge in [-0.15, -0.1) is 0 Å².